The summed E-state index contributed by atoms with van der Waals surface area (Å²) in [5.74, 6) is 1.20. The van der Waals surface area contributed by atoms with Crippen LogP contribution in [0, 0.1) is 5.92 Å². The topological polar surface area (TPSA) is 54.5 Å². The Balaban J connectivity index is -0.000000202. The maximum absolute atomic E-state index is 11.8. The Hall–Kier alpha value is 0.210. The minimum atomic E-state index is -0.148. The summed E-state index contributed by atoms with van der Waals surface area (Å²) >= 11 is 3.30. The molecule has 1 rings (SSSR count). The van der Waals surface area contributed by atoms with Crippen molar-refractivity contribution in [3.05, 3.63) is 0 Å². The zero-order valence-electron chi connectivity index (χ0n) is 22.3. The van der Waals surface area contributed by atoms with Gasteiger partial charge in [0.1, 0.15) is 5.78 Å². The lowest BCUT2D eigenvalue weighted by molar-refractivity contribution is -0.140. The van der Waals surface area contributed by atoms with Gasteiger partial charge in [0.2, 0.25) is 11.8 Å². The highest BCUT2D eigenvalue weighted by Gasteiger charge is 2.40. The molecule has 0 aromatic carbocycles. The Labute approximate surface area is 229 Å². The summed E-state index contributed by atoms with van der Waals surface area (Å²) in [7, 11) is 3.91. The molecule has 0 spiro atoms. The fourth-order valence-corrected chi connectivity index (χ4v) is 5.97. The summed E-state index contributed by atoms with van der Waals surface area (Å²) in [5, 5.41) is 2.35. The molecule has 0 N–H and O–H groups in total. The van der Waals surface area contributed by atoms with E-state index in [2.05, 4.69) is 41.5 Å². The predicted molar refractivity (Wildman–Crippen MR) is 164 cm³/mol. The number of amides is 2. The molecule has 0 radical (unpaired) electrons. The number of rotatable bonds is 10. The van der Waals surface area contributed by atoms with Crippen molar-refractivity contribution in [1.29, 1.82) is 0 Å². The molecule has 0 saturated carbocycles. The first-order valence-corrected chi connectivity index (χ1v) is 15.8. The second-order valence-corrected chi connectivity index (χ2v) is 16.1. The molecule has 206 valence electrons. The van der Waals surface area contributed by atoms with Crippen LogP contribution in [0.15, 0.2) is 0 Å². The Bertz CT molecular complexity index is 542. The lowest BCUT2D eigenvalue weighted by atomic mass is 10.1. The third kappa shape index (κ3) is 21.5. The number of likely N-dealkylation sites (tertiary alicyclic amines) is 1. The third-order valence-electron chi connectivity index (χ3n) is 3.74. The number of Topliss-reactive ketones (excluding diaryl/α,β-unsaturated/α-hetero) is 1. The molecule has 1 saturated heterocycles. The molecule has 1 heterocycles. The van der Waals surface area contributed by atoms with Crippen LogP contribution in [0.5, 0.6) is 0 Å². The van der Waals surface area contributed by atoms with Gasteiger partial charge in [-0.05, 0) is 24.3 Å². The maximum Gasteiger partial charge on any atom is 0.243 e. The van der Waals surface area contributed by atoms with E-state index in [0.717, 1.165) is 10.5 Å². The summed E-state index contributed by atoms with van der Waals surface area (Å²) in [6.45, 7) is 24.8. The number of thioether (sulfide) groups is 2. The quantitative estimate of drug-likeness (QED) is 0.197. The summed E-state index contributed by atoms with van der Waals surface area (Å²) in [6.07, 6.45) is 0.375. The van der Waals surface area contributed by atoms with Crippen LogP contribution in [0.2, 0.25) is 0 Å². The highest BCUT2D eigenvalue weighted by atomic mass is 33.1. The van der Waals surface area contributed by atoms with Crippen LogP contribution in [0.3, 0.4) is 0 Å². The van der Waals surface area contributed by atoms with Gasteiger partial charge in [0.15, 0.2) is 0 Å². The van der Waals surface area contributed by atoms with E-state index in [9.17, 15) is 14.4 Å². The SMILES string of the molecule is C.C.CC(C)SC1CC(=O)N(C(C)C)C1=O.CC(C)SCC(=O)C(C)C.CC(C)SSC(C)C. The number of nitrogens with zero attached hydrogens (tertiary/aromatic N) is 1. The van der Waals surface area contributed by atoms with E-state index in [0.29, 0.717) is 28.5 Å². The molecule has 0 aromatic heterocycles. The minimum Gasteiger partial charge on any atom is -0.298 e. The van der Waals surface area contributed by atoms with Gasteiger partial charge in [-0.25, -0.2) is 0 Å². The average molecular weight is 558 g/mol. The fourth-order valence-electron chi connectivity index (χ4n) is 2.24. The number of carbonyl (C=O) groups excluding carboxylic acids is 3. The predicted octanol–water partition coefficient (Wildman–Crippen LogP) is 8.47. The van der Waals surface area contributed by atoms with Crippen molar-refractivity contribution in [3.8, 4) is 0 Å². The number of hydrogen-bond donors (Lipinski definition) is 0. The molecule has 1 unspecified atom stereocenters. The largest absolute Gasteiger partial charge is 0.298 e. The smallest absolute Gasteiger partial charge is 0.243 e. The molecule has 1 aliphatic rings. The van der Waals surface area contributed by atoms with Gasteiger partial charge < -0.3 is 0 Å². The molecule has 0 bridgehead atoms. The van der Waals surface area contributed by atoms with Crippen LogP contribution < -0.4 is 0 Å². The summed E-state index contributed by atoms with van der Waals surface area (Å²) in [6, 6.07) is -0.00670. The summed E-state index contributed by atoms with van der Waals surface area (Å²) in [4.78, 5) is 35.7. The monoisotopic (exact) mass is 557 g/mol. The number of hydrogen-bond acceptors (Lipinski definition) is 7. The summed E-state index contributed by atoms with van der Waals surface area (Å²) in [5.41, 5.74) is 0. The highest BCUT2D eigenvalue weighted by molar-refractivity contribution is 8.77. The first-order valence-electron chi connectivity index (χ1n) is 11.6. The van der Waals surface area contributed by atoms with E-state index in [1.54, 1.807) is 23.5 Å². The average Bonchev–Trinajstić information content (AvgIpc) is 2.91. The second-order valence-electron chi connectivity index (χ2n) is 9.34. The molecular formula is C26H55NO3S4. The molecule has 1 aliphatic heterocycles. The zero-order valence-corrected chi connectivity index (χ0v) is 25.5. The van der Waals surface area contributed by atoms with Crippen LogP contribution in [0.4, 0.5) is 0 Å². The van der Waals surface area contributed by atoms with Gasteiger partial charge in [-0.2, -0.15) is 11.8 Å². The standard InChI is InChI=1S/C10H17NO2S.C8H16OS.C6H14S2.2CH4/c1-6(2)11-9(12)5-8(10(11)13)14-7(3)4;1-6(2)8(9)5-10-7(3)4;1-5(2)7-8-6(3)4;;/h6-8H,5H2,1-4H3;6-7H,5H2,1-4H3;5-6H,1-4H3;2*1H4. The van der Waals surface area contributed by atoms with E-state index < -0.39 is 0 Å². The van der Waals surface area contributed by atoms with Crippen LogP contribution in [0.1, 0.15) is 104 Å². The van der Waals surface area contributed by atoms with Gasteiger partial charge >= 0.3 is 0 Å². The van der Waals surface area contributed by atoms with E-state index >= 15 is 0 Å². The van der Waals surface area contributed by atoms with Crippen molar-refractivity contribution in [2.75, 3.05) is 5.75 Å². The molecular weight excluding hydrogens is 503 g/mol. The Morgan fingerprint density at radius 2 is 1.24 bits per heavy atom. The first kappa shape index (κ1) is 41.3. The summed E-state index contributed by atoms with van der Waals surface area (Å²) < 4.78 is 0. The number of ketones is 1. The van der Waals surface area contributed by atoms with Crippen molar-refractivity contribution in [1.82, 2.24) is 4.90 Å². The van der Waals surface area contributed by atoms with Crippen LogP contribution in [-0.4, -0.2) is 60.5 Å². The van der Waals surface area contributed by atoms with Crippen molar-refractivity contribution in [2.24, 2.45) is 5.92 Å². The maximum atomic E-state index is 11.8. The van der Waals surface area contributed by atoms with E-state index in [-0.39, 0.29) is 43.9 Å². The van der Waals surface area contributed by atoms with Crippen molar-refractivity contribution >= 4 is 62.7 Å². The van der Waals surface area contributed by atoms with Gasteiger partial charge in [-0.3, -0.25) is 19.3 Å². The van der Waals surface area contributed by atoms with Gasteiger partial charge in [0, 0.05) is 28.9 Å². The fraction of sp³-hybridized carbons (Fsp3) is 0.885. The highest BCUT2D eigenvalue weighted by Crippen LogP contribution is 2.30. The lowest BCUT2D eigenvalue weighted by Crippen LogP contribution is -2.37. The Kier molecular flexibility index (Phi) is 27.3. The Morgan fingerprint density at radius 1 is 0.794 bits per heavy atom. The lowest BCUT2D eigenvalue weighted by Gasteiger charge is -2.19. The first-order chi connectivity index (χ1) is 14.6. The van der Waals surface area contributed by atoms with Crippen LogP contribution in [-0.2, 0) is 14.4 Å². The van der Waals surface area contributed by atoms with Gasteiger partial charge in [-0.1, -0.05) is 106 Å². The zero-order chi connectivity index (χ0) is 25.6. The molecule has 34 heavy (non-hydrogen) atoms. The molecule has 1 fully saturated rings. The van der Waals surface area contributed by atoms with Crippen LogP contribution >= 0.6 is 45.1 Å². The van der Waals surface area contributed by atoms with E-state index in [4.69, 9.17) is 0 Å². The molecule has 2 amide bonds. The molecule has 8 heteroatoms. The second kappa shape index (κ2) is 22.4. The van der Waals surface area contributed by atoms with Crippen molar-refractivity contribution in [3.63, 3.8) is 0 Å². The van der Waals surface area contributed by atoms with Gasteiger partial charge in [0.05, 0.1) is 11.0 Å². The van der Waals surface area contributed by atoms with Crippen molar-refractivity contribution in [2.45, 2.75) is 137 Å². The van der Waals surface area contributed by atoms with E-state index in [1.807, 2.05) is 63.1 Å². The van der Waals surface area contributed by atoms with E-state index in [1.165, 1.54) is 4.90 Å². The van der Waals surface area contributed by atoms with Crippen LogP contribution in [0.25, 0.3) is 0 Å². The molecule has 4 nitrogen and oxygen atoms in total. The van der Waals surface area contributed by atoms with Crippen molar-refractivity contribution < 1.29 is 14.4 Å². The van der Waals surface area contributed by atoms with Gasteiger partial charge in [0.25, 0.3) is 0 Å². The number of carbonyl (C=O) groups is 3. The molecule has 0 aliphatic carbocycles. The number of imide groups is 1. The molecule has 0 aromatic rings. The van der Waals surface area contributed by atoms with Gasteiger partial charge in [-0.15, -0.1) is 11.8 Å². The minimum absolute atomic E-state index is 0. The normalized spacial score (nSPS) is 15.4. The Morgan fingerprint density at radius 3 is 1.50 bits per heavy atom. The molecule has 1 atom stereocenters. The third-order valence-corrected chi connectivity index (χ3v) is 9.62.